The Hall–Kier alpha value is -1.67. The average Bonchev–Trinajstić information content (AvgIpc) is 3.12. The molecule has 0 amide bonds. The summed E-state index contributed by atoms with van der Waals surface area (Å²) < 4.78 is 33.3. The van der Waals surface area contributed by atoms with Gasteiger partial charge in [-0.05, 0) is 57.8 Å². The van der Waals surface area contributed by atoms with E-state index in [1.165, 1.54) is 32.1 Å². The Labute approximate surface area is 311 Å². The van der Waals surface area contributed by atoms with Gasteiger partial charge in [-0.3, -0.25) is 18.6 Å². The van der Waals surface area contributed by atoms with E-state index in [1.807, 2.05) is 0 Å². The van der Waals surface area contributed by atoms with Gasteiger partial charge in [0.15, 0.2) is 6.10 Å². The Kier molecular flexibility index (Phi) is 27.6. The second-order valence-corrected chi connectivity index (χ2v) is 15.2. The van der Waals surface area contributed by atoms with Crippen LogP contribution in [-0.4, -0.2) is 98.3 Å². The molecule has 1 saturated carbocycles. The van der Waals surface area contributed by atoms with Crippen LogP contribution in [0.25, 0.3) is 0 Å². The van der Waals surface area contributed by atoms with Gasteiger partial charge in [0.05, 0.1) is 6.61 Å². The van der Waals surface area contributed by atoms with Crippen LogP contribution in [-0.2, 0) is 32.7 Å². The standard InChI is InChI=1S/C38H69O13P/c1-3-5-7-9-11-13-15-17-18-20-22-24-26-31(39)48-28-30(50-32(40)27-25-23-21-19-16-14-12-10-8-6-4-2)29-49-52(46,47)51-38-36(44)34(42)33(41)35(43)37(38)45/h10-13,30,33-38,41-45H,3-9,14-29H2,1-2H3,(H,46,47)/b12-10+,13-11+/t30-,33?,34-,35?,36?,37?,38?/m1/s1. The molecule has 1 rings (SSSR count). The van der Waals surface area contributed by atoms with Crippen LogP contribution < -0.4 is 0 Å². The topological polar surface area (TPSA) is 210 Å². The molecule has 0 bridgehead atoms. The summed E-state index contributed by atoms with van der Waals surface area (Å²) in [5.74, 6) is -1.12. The number of aliphatic hydroxyl groups is 5. The second kappa shape index (κ2) is 29.7. The molecule has 0 saturated heterocycles. The molecule has 0 heterocycles. The van der Waals surface area contributed by atoms with Gasteiger partial charge in [0.25, 0.3) is 0 Å². The van der Waals surface area contributed by atoms with E-state index in [0.717, 1.165) is 77.0 Å². The predicted molar refractivity (Wildman–Crippen MR) is 198 cm³/mol. The van der Waals surface area contributed by atoms with E-state index in [4.69, 9.17) is 18.5 Å². The zero-order valence-corrected chi connectivity index (χ0v) is 32.5. The molecule has 0 aliphatic heterocycles. The highest BCUT2D eigenvalue weighted by Gasteiger charge is 2.51. The number of hydrogen-bond acceptors (Lipinski definition) is 12. The maximum atomic E-state index is 12.7. The summed E-state index contributed by atoms with van der Waals surface area (Å²) >= 11 is 0. The quantitative estimate of drug-likeness (QED) is 0.0204. The molecule has 0 aromatic heterocycles. The molecule has 6 N–H and O–H groups in total. The molecular formula is C38H69O13P. The van der Waals surface area contributed by atoms with Crippen molar-refractivity contribution >= 4 is 19.8 Å². The Morgan fingerprint density at radius 2 is 1.00 bits per heavy atom. The van der Waals surface area contributed by atoms with Crippen molar-refractivity contribution in [3.8, 4) is 0 Å². The molecule has 1 fully saturated rings. The van der Waals surface area contributed by atoms with E-state index in [0.29, 0.717) is 12.8 Å². The van der Waals surface area contributed by atoms with Gasteiger partial charge >= 0.3 is 19.8 Å². The first-order valence-electron chi connectivity index (χ1n) is 19.6. The Morgan fingerprint density at radius 3 is 1.52 bits per heavy atom. The van der Waals surface area contributed by atoms with Gasteiger partial charge in [0.2, 0.25) is 0 Å². The smallest absolute Gasteiger partial charge is 0.462 e. The first-order valence-corrected chi connectivity index (χ1v) is 21.1. The summed E-state index contributed by atoms with van der Waals surface area (Å²) in [7, 11) is -5.11. The van der Waals surface area contributed by atoms with E-state index in [9.17, 15) is 44.6 Å². The maximum Gasteiger partial charge on any atom is 0.472 e. The van der Waals surface area contributed by atoms with Crippen molar-refractivity contribution in [2.45, 2.75) is 191 Å². The Morgan fingerprint density at radius 1 is 0.577 bits per heavy atom. The van der Waals surface area contributed by atoms with Crippen LogP contribution in [0, 0.1) is 0 Å². The molecule has 0 aromatic carbocycles. The summed E-state index contributed by atoms with van der Waals surface area (Å²) in [6.45, 7) is 3.18. The van der Waals surface area contributed by atoms with Crippen molar-refractivity contribution in [2.75, 3.05) is 13.2 Å². The lowest BCUT2D eigenvalue weighted by Gasteiger charge is -2.41. The molecular weight excluding hydrogens is 695 g/mol. The fourth-order valence-corrected chi connectivity index (χ4v) is 6.70. The van der Waals surface area contributed by atoms with Gasteiger partial charge in [-0.1, -0.05) is 102 Å². The Bertz CT molecular complexity index is 1020. The van der Waals surface area contributed by atoms with Crippen LogP contribution in [0.3, 0.4) is 0 Å². The number of phosphoric acid groups is 1. The number of hydrogen-bond donors (Lipinski definition) is 6. The maximum absolute atomic E-state index is 12.7. The van der Waals surface area contributed by atoms with Crippen LogP contribution in [0.15, 0.2) is 24.3 Å². The number of carbonyl (C=O) groups is 2. The van der Waals surface area contributed by atoms with Gasteiger partial charge in [0.1, 0.15) is 43.2 Å². The first-order chi connectivity index (χ1) is 24.9. The molecule has 13 nitrogen and oxygen atoms in total. The highest BCUT2D eigenvalue weighted by atomic mass is 31.2. The van der Waals surface area contributed by atoms with Crippen molar-refractivity contribution in [1.82, 2.24) is 0 Å². The molecule has 1 aliphatic carbocycles. The minimum Gasteiger partial charge on any atom is -0.462 e. The number of esters is 2. The van der Waals surface area contributed by atoms with E-state index in [-0.39, 0.29) is 12.8 Å². The highest BCUT2D eigenvalue weighted by molar-refractivity contribution is 7.47. The van der Waals surface area contributed by atoms with Crippen molar-refractivity contribution in [2.24, 2.45) is 0 Å². The SMILES string of the molecule is CCCC/C=C/CCCCCCCC(=O)O[C@H](COC(=O)CCCCCCC/C=C/CCCCC)COP(=O)(O)OC1C(O)C(O)C(O)[C@@H](O)C1O. The number of aliphatic hydroxyl groups excluding tert-OH is 5. The largest absolute Gasteiger partial charge is 0.472 e. The first kappa shape index (κ1) is 48.3. The van der Waals surface area contributed by atoms with Crippen molar-refractivity contribution in [3.05, 3.63) is 24.3 Å². The highest BCUT2D eigenvalue weighted by Crippen LogP contribution is 2.47. The minimum atomic E-state index is -5.11. The van der Waals surface area contributed by atoms with E-state index >= 15 is 0 Å². The van der Waals surface area contributed by atoms with Crippen LogP contribution in [0.5, 0.6) is 0 Å². The van der Waals surface area contributed by atoms with Crippen LogP contribution in [0.2, 0.25) is 0 Å². The fourth-order valence-electron chi connectivity index (χ4n) is 5.73. The third kappa shape index (κ3) is 22.5. The lowest BCUT2D eigenvalue weighted by atomic mass is 9.85. The van der Waals surface area contributed by atoms with Crippen LogP contribution >= 0.6 is 7.82 Å². The monoisotopic (exact) mass is 764 g/mol. The second-order valence-electron chi connectivity index (χ2n) is 13.8. The van der Waals surface area contributed by atoms with Gasteiger partial charge < -0.3 is 39.9 Å². The van der Waals surface area contributed by atoms with E-state index < -0.39 is 75.7 Å². The number of rotatable bonds is 31. The summed E-state index contributed by atoms with van der Waals surface area (Å²) in [4.78, 5) is 35.4. The number of allylic oxidation sites excluding steroid dienone is 4. The normalized spacial score (nSPS) is 23.9. The molecule has 14 heteroatoms. The molecule has 0 spiro atoms. The van der Waals surface area contributed by atoms with Gasteiger partial charge in [-0.15, -0.1) is 0 Å². The summed E-state index contributed by atoms with van der Waals surface area (Å²) in [5.41, 5.74) is 0. The summed E-state index contributed by atoms with van der Waals surface area (Å²) in [5, 5.41) is 49.9. The Balaban J connectivity index is 2.55. The van der Waals surface area contributed by atoms with Crippen molar-refractivity contribution < 1.29 is 63.1 Å². The number of unbranched alkanes of at least 4 members (excludes halogenated alkanes) is 15. The number of phosphoric ester groups is 1. The minimum absolute atomic E-state index is 0.0852. The van der Waals surface area contributed by atoms with Gasteiger partial charge in [-0.2, -0.15) is 0 Å². The lowest BCUT2D eigenvalue weighted by Crippen LogP contribution is -2.64. The number of carbonyl (C=O) groups excluding carboxylic acids is 2. The van der Waals surface area contributed by atoms with Gasteiger partial charge in [0, 0.05) is 12.8 Å². The zero-order valence-electron chi connectivity index (χ0n) is 31.6. The van der Waals surface area contributed by atoms with E-state index in [2.05, 4.69) is 38.2 Å². The molecule has 1 aliphatic rings. The van der Waals surface area contributed by atoms with Crippen molar-refractivity contribution in [1.29, 1.82) is 0 Å². The van der Waals surface area contributed by atoms with Crippen molar-refractivity contribution in [3.63, 3.8) is 0 Å². The molecule has 0 radical (unpaired) electrons. The molecule has 304 valence electrons. The molecule has 6 unspecified atom stereocenters. The fraction of sp³-hybridized carbons (Fsp3) is 0.842. The predicted octanol–water partition coefficient (Wildman–Crippen LogP) is 6.11. The van der Waals surface area contributed by atoms with Crippen LogP contribution in [0.1, 0.15) is 149 Å². The summed E-state index contributed by atoms with van der Waals surface area (Å²) in [6, 6.07) is 0. The van der Waals surface area contributed by atoms with Crippen LogP contribution in [0.4, 0.5) is 0 Å². The third-order valence-electron chi connectivity index (χ3n) is 9.02. The van der Waals surface area contributed by atoms with E-state index in [1.54, 1.807) is 0 Å². The molecule has 52 heavy (non-hydrogen) atoms. The zero-order chi connectivity index (χ0) is 38.6. The summed E-state index contributed by atoms with van der Waals surface area (Å²) in [6.07, 6.45) is 15.4. The molecule has 0 aromatic rings. The average molecular weight is 765 g/mol. The van der Waals surface area contributed by atoms with Gasteiger partial charge in [-0.25, -0.2) is 4.57 Å². The number of ether oxygens (including phenoxy) is 2. The third-order valence-corrected chi connectivity index (χ3v) is 10.0. The lowest BCUT2D eigenvalue weighted by molar-refractivity contribution is -0.220. The molecule has 8 atom stereocenters.